The van der Waals surface area contributed by atoms with E-state index in [0.717, 1.165) is 25.7 Å². The van der Waals surface area contributed by atoms with Crippen LogP contribution in [-0.4, -0.2) is 18.4 Å². The molecule has 24 heavy (non-hydrogen) atoms. The Hall–Kier alpha value is -2.04. The summed E-state index contributed by atoms with van der Waals surface area (Å²) in [4.78, 5) is 23.2. The van der Waals surface area contributed by atoms with E-state index in [4.69, 9.17) is 4.74 Å². The van der Waals surface area contributed by atoms with Gasteiger partial charge in [-0.1, -0.05) is 52.7 Å². The van der Waals surface area contributed by atoms with Crippen molar-refractivity contribution in [2.45, 2.75) is 65.2 Å². The van der Waals surface area contributed by atoms with Crippen molar-refractivity contribution >= 4 is 11.8 Å². The second-order valence-electron chi connectivity index (χ2n) is 6.60. The highest BCUT2D eigenvalue weighted by atomic mass is 16.5. The van der Waals surface area contributed by atoms with E-state index in [1.165, 1.54) is 5.56 Å². The van der Waals surface area contributed by atoms with Gasteiger partial charge in [-0.3, -0.25) is 20.4 Å². The molecule has 5 heteroatoms. The zero-order chi connectivity index (χ0) is 18.0. The minimum absolute atomic E-state index is 0.123. The van der Waals surface area contributed by atoms with E-state index < -0.39 is 0 Å². The van der Waals surface area contributed by atoms with E-state index >= 15 is 0 Å². The maximum Gasteiger partial charge on any atom is 0.276 e. The molecule has 0 fully saturated rings. The van der Waals surface area contributed by atoms with Gasteiger partial charge in [0.25, 0.3) is 5.91 Å². The first-order valence-electron chi connectivity index (χ1n) is 8.70. The average molecular weight is 334 g/mol. The maximum absolute atomic E-state index is 11.7. The summed E-state index contributed by atoms with van der Waals surface area (Å²) in [5.74, 6) is 0.0785. The Balaban J connectivity index is 2.33. The molecule has 0 radical (unpaired) electrons. The van der Waals surface area contributed by atoms with Gasteiger partial charge in [0.15, 0.2) is 6.61 Å². The highest BCUT2D eigenvalue weighted by molar-refractivity contribution is 5.82. The molecule has 0 saturated carbocycles. The topological polar surface area (TPSA) is 67.4 Å². The highest BCUT2D eigenvalue weighted by Gasteiger charge is 2.17. The summed E-state index contributed by atoms with van der Waals surface area (Å²) in [7, 11) is 0. The number of carbonyl (C=O) groups excluding carboxylic acids is 2. The van der Waals surface area contributed by atoms with Crippen molar-refractivity contribution < 1.29 is 14.3 Å². The second kappa shape index (κ2) is 9.96. The molecule has 1 aromatic rings. The van der Waals surface area contributed by atoms with Crippen LogP contribution in [0.2, 0.25) is 0 Å². The monoisotopic (exact) mass is 334 g/mol. The summed E-state index contributed by atoms with van der Waals surface area (Å²) >= 11 is 0. The molecule has 134 valence electrons. The summed E-state index contributed by atoms with van der Waals surface area (Å²) < 4.78 is 5.44. The molecule has 0 spiro atoms. The Morgan fingerprint density at radius 2 is 1.62 bits per heavy atom. The summed E-state index contributed by atoms with van der Waals surface area (Å²) in [6.07, 6.45) is 4.36. The predicted molar refractivity (Wildman–Crippen MR) is 95.7 cm³/mol. The van der Waals surface area contributed by atoms with E-state index in [2.05, 4.69) is 38.5 Å². The largest absolute Gasteiger partial charge is 0.484 e. The predicted octanol–water partition coefficient (Wildman–Crippen LogP) is 3.48. The second-order valence-corrected chi connectivity index (χ2v) is 6.60. The number of hydrogen-bond donors (Lipinski definition) is 2. The van der Waals surface area contributed by atoms with E-state index in [0.29, 0.717) is 12.2 Å². The number of unbranched alkanes of at least 4 members (excludes halogenated alkanes) is 2. The van der Waals surface area contributed by atoms with Crippen LogP contribution < -0.4 is 15.6 Å². The van der Waals surface area contributed by atoms with Gasteiger partial charge in [-0.15, -0.1) is 0 Å². The van der Waals surface area contributed by atoms with E-state index in [9.17, 15) is 9.59 Å². The minimum Gasteiger partial charge on any atom is -0.484 e. The number of carbonyl (C=O) groups is 2. The lowest BCUT2D eigenvalue weighted by molar-refractivity contribution is -0.130. The molecule has 0 heterocycles. The Bertz CT molecular complexity index is 524. The van der Waals surface area contributed by atoms with E-state index in [-0.39, 0.29) is 23.8 Å². The van der Waals surface area contributed by atoms with Crippen LogP contribution in [-0.2, 0) is 15.0 Å². The molecule has 0 saturated heterocycles. The number of hydrogen-bond acceptors (Lipinski definition) is 3. The normalized spacial score (nSPS) is 11.0. The zero-order valence-electron chi connectivity index (χ0n) is 15.3. The van der Waals surface area contributed by atoms with Crippen molar-refractivity contribution in [2.24, 2.45) is 0 Å². The molecule has 1 aromatic carbocycles. The first-order chi connectivity index (χ1) is 11.4. The molecule has 0 aliphatic rings. The van der Waals surface area contributed by atoms with Crippen LogP contribution in [0.4, 0.5) is 0 Å². The molecular formula is C19H30N2O3. The quantitative estimate of drug-likeness (QED) is 0.537. The Kier molecular flexibility index (Phi) is 8.30. The number of benzene rings is 1. The molecule has 0 bridgehead atoms. The van der Waals surface area contributed by atoms with Gasteiger partial charge in [0.2, 0.25) is 5.91 Å². The minimum atomic E-state index is -0.378. The third-order valence-electron chi connectivity index (χ3n) is 4.24. The SMILES string of the molecule is CCCCCC(=O)NNC(=O)COc1ccc(C(C)(C)CC)cc1. The van der Waals surface area contributed by atoms with Crippen molar-refractivity contribution in [1.29, 1.82) is 0 Å². The van der Waals surface area contributed by atoms with Gasteiger partial charge in [0.05, 0.1) is 0 Å². The van der Waals surface area contributed by atoms with E-state index in [1.54, 1.807) is 0 Å². The first-order valence-corrected chi connectivity index (χ1v) is 8.70. The van der Waals surface area contributed by atoms with Crippen LogP contribution in [0.25, 0.3) is 0 Å². The average Bonchev–Trinajstić information content (AvgIpc) is 2.58. The fraction of sp³-hybridized carbons (Fsp3) is 0.579. The lowest BCUT2D eigenvalue weighted by Gasteiger charge is -2.23. The van der Waals surface area contributed by atoms with Crippen LogP contribution >= 0.6 is 0 Å². The number of nitrogens with one attached hydrogen (secondary N) is 2. The molecule has 0 atom stereocenters. The summed E-state index contributed by atoms with van der Waals surface area (Å²) in [5.41, 5.74) is 6.12. The molecular weight excluding hydrogens is 304 g/mol. The van der Waals surface area contributed by atoms with Crippen LogP contribution in [0.1, 0.15) is 65.4 Å². The highest BCUT2D eigenvalue weighted by Crippen LogP contribution is 2.27. The Morgan fingerprint density at radius 3 is 2.21 bits per heavy atom. The third kappa shape index (κ3) is 7.02. The molecule has 0 aliphatic carbocycles. The van der Waals surface area contributed by atoms with Crippen molar-refractivity contribution in [3.63, 3.8) is 0 Å². The molecule has 0 aromatic heterocycles. The molecule has 1 rings (SSSR count). The maximum atomic E-state index is 11.7. The van der Waals surface area contributed by atoms with Crippen LogP contribution in [0.3, 0.4) is 0 Å². The fourth-order valence-electron chi connectivity index (χ4n) is 2.13. The summed E-state index contributed by atoms with van der Waals surface area (Å²) in [5, 5.41) is 0. The van der Waals surface area contributed by atoms with Crippen LogP contribution in [0.5, 0.6) is 5.75 Å². The van der Waals surface area contributed by atoms with Gasteiger partial charge >= 0.3 is 0 Å². The lowest BCUT2D eigenvalue weighted by atomic mass is 9.82. The van der Waals surface area contributed by atoms with Gasteiger partial charge < -0.3 is 4.74 Å². The fourth-order valence-corrected chi connectivity index (χ4v) is 2.13. The lowest BCUT2D eigenvalue weighted by Crippen LogP contribution is -2.43. The Labute approximate surface area is 145 Å². The smallest absolute Gasteiger partial charge is 0.276 e. The van der Waals surface area contributed by atoms with Crippen molar-refractivity contribution in [3.8, 4) is 5.75 Å². The third-order valence-corrected chi connectivity index (χ3v) is 4.24. The first kappa shape index (κ1) is 20.0. The molecule has 0 aliphatic heterocycles. The molecule has 2 N–H and O–H groups in total. The van der Waals surface area contributed by atoms with Gasteiger partial charge in [-0.25, -0.2) is 0 Å². The standard InChI is InChI=1S/C19H30N2O3/c1-5-7-8-9-17(22)20-21-18(23)14-24-16-12-10-15(11-13-16)19(3,4)6-2/h10-13H,5-9,14H2,1-4H3,(H,20,22)(H,21,23). The van der Waals surface area contributed by atoms with Gasteiger partial charge in [0, 0.05) is 6.42 Å². The number of rotatable bonds is 9. The molecule has 5 nitrogen and oxygen atoms in total. The number of amides is 2. The van der Waals surface area contributed by atoms with Crippen LogP contribution in [0, 0.1) is 0 Å². The van der Waals surface area contributed by atoms with Crippen LogP contribution in [0.15, 0.2) is 24.3 Å². The van der Waals surface area contributed by atoms with Crippen molar-refractivity contribution in [2.75, 3.05) is 6.61 Å². The van der Waals surface area contributed by atoms with Crippen molar-refractivity contribution in [3.05, 3.63) is 29.8 Å². The number of hydrazine groups is 1. The van der Waals surface area contributed by atoms with Gasteiger partial charge in [0.1, 0.15) is 5.75 Å². The zero-order valence-corrected chi connectivity index (χ0v) is 15.3. The number of ether oxygens (including phenoxy) is 1. The van der Waals surface area contributed by atoms with Crippen molar-refractivity contribution in [1.82, 2.24) is 10.9 Å². The summed E-state index contributed by atoms with van der Waals surface area (Å²) in [6.45, 7) is 8.49. The van der Waals surface area contributed by atoms with Gasteiger partial charge in [-0.05, 0) is 36.0 Å². The molecule has 0 unspecified atom stereocenters. The van der Waals surface area contributed by atoms with Gasteiger partial charge in [-0.2, -0.15) is 0 Å². The Morgan fingerprint density at radius 1 is 1.00 bits per heavy atom. The molecule has 2 amide bonds. The summed E-state index contributed by atoms with van der Waals surface area (Å²) in [6, 6.07) is 7.77. The van der Waals surface area contributed by atoms with E-state index in [1.807, 2.05) is 24.3 Å².